The van der Waals surface area contributed by atoms with E-state index in [0.29, 0.717) is 10.7 Å². The lowest BCUT2D eigenvalue weighted by molar-refractivity contribution is -0.117. The van der Waals surface area contributed by atoms with Crippen molar-refractivity contribution < 1.29 is 9.53 Å². The Morgan fingerprint density at radius 1 is 0.947 bits per heavy atom. The maximum atomic E-state index is 13.2. The van der Waals surface area contributed by atoms with Crippen LogP contribution in [0.2, 0.25) is 0 Å². The molecule has 3 aromatic carbocycles. The molecule has 2 heterocycles. The first kappa shape index (κ1) is 25.3. The predicted octanol–water partition coefficient (Wildman–Crippen LogP) is 5.35. The average molecular weight is 522 g/mol. The zero-order valence-corrected chi connectivity index (χ0v) is 21.8. The molecule has 0 atom stereocenters. The number of nitrogens with one attached hydrogen (secondary N) is 1. The number of para-hydroxylation sites is 1. The molecule has 0 bridgehead atoms. The topological polar surface area (TPSA) is 81.0 Å². The highest BCUT2D eigenvalue weighted by molar-refractivity contribution is 8.06. The van der Waals surface area contributed by atoms with Crippen LogP contribution in [0.3, 0.4) is 0 Å². The Morgan fingerprint density at radius 2 is 1.61 bits per heavy atom. The summed E-state index contributed by atoms with van der Waals surface area (Å²) in [4.78, 5) is 17.4. The molecule has 7 nitrogen and oxygen atoms in total. The third-order valence-corrected chi connectivity index (χ3v) is 7.30. The molecule has 38 heavy (non-hydrogen) atoms. The monoisotopic (exact) mass is 521 g/mol. The van der Waals surface area contributed by atoms with Crippen LogP contribution < -0.4 is 15.2 Å². The van der Waals surface area contributed by atoms with Crippen molar-refractivity contribution in [2.45, 2.75) is 6.92 Å². The van der Waals surface area contributed by atoms with Gasteiger partial charge in [0.2, 0.25) is 0 Å². The number of carbonyl (C=O) groups is 1. The summed E-state index contributed by atoms with van der Waals surface area (Å²) in [6.07, 6.45) is 0. The van der Waals surface area contributed by atoms with Gasteiger partial charge >= 0.3 is 0 Å². The van der Waals surface area contributed by atoms with Crippen LogP contribution in [0.4, 0.5) is 11.4 Å². The Hall–Kier alpha value is -4.32. The van der Waals surface area contributed by atoms with Gasteiger partial charge in [-0.1, -0.05) is 72.4 Å². The van der Waals surface area contributed by atoms with Gasteiger partial charge in [0.25, 0.3) is 5.91 Å². The molecule has 1 fully saturated rings. The molecule has 2 aliphatic rings. The smallest absolute Gasteiger partial charge is 0.284 e. The van der Waals surface area contributed by atoms with Crippen LogP contribution in [-0.2, 0) is 9.53 Å². The summed E-state index contributed by atoms with van der Waals surface area (Å²) < 4.78 is 5.43. The van der Waals surface area contributed by atoms with Gasteiger partial charge in [-0.15, -0.1) is 0 Å². The van der Waals surface area contributed by atoms with Crippen LogP contribution in [0.25, 0.3) is 5.70 Å². The first-order valence-corrected chi connectivity index (χ1v) is 13.2. The fourth-order valence-electron chi connectivity index (χ4n) is 4.32. The summed E-state index contributed by atoms with van der Waals surface area (Å²) in [6, 6.07) is 29.8. The Kier molecular flexibility index (Phi) is 7.88. The fraction of sp³-hybridized carbons (Fsp3) is 0.167. The van der Waals surface area contributed by atoms with Gasteiger partial charge in [0, 0.05) is 29.9 Å². The van der Waals surface area contributed by atoms with Gasteiger partial charge in [0.1, 0.15) is 16.7 Å². The summed E-state index contributed by atoms with van der Waals surface area (Å²) in [5.74, 6) is -0.553. The highest BCUT2D eigenvalue weighted by atomic mass is 32.2. The first-order valence-electron chi connectivity index (χ1n) is 12.4. The quantitative estimate of drug-likeness (QED) is 0.204. The summed E-state index contributed by atoms with van der Waals surface area (Å²) in [7, 11) is 0. The number of hydrogen-bond acceptors (Lipinski definition) is 7. The second-order valence-electron chi connectivity index (χ2n) is 8.73. The van der Waals surface area contributed by atoms with Crippen molar-refractivity contribution in [3.63, 3.8) is 0 Å². The van der Waals surface area contributed by atoms with Gasteiger partial charge in [-0.3, -0.25) is 4.79 Å². The van der Waals surface area contributed by atoms with Gasteiger partial charge < -0.3 is 14.5 Å². The standard InChI is InChI=1S/C30H27N5O2S/c1-22(23-12-14-25(15-13-23)34-16-18-37-19-17-34)32-33-29(36)27(20-31)30-35(26-10-6-3-7-11-26)28(21-38-30)24-8-4-2-5-9-24/h2-15,21H,16-19H2,1H3,(H,33,36)/b30-27+,32-22-. The van der Waals surface area contributed by atoms with Crippen LogP contribution in [0.1, 0.15) is 18.1 Å². The second-order valence-corrected chi connectivity index (χ2v) is 9.59. The molecule has 1 saturated heterocycles. The van der Waals surface area contributed by atoms with Crippen LogP contribution in [0, 0.1) is 11.3 Å². The van der Waals surface area contributed by atoms with Crippen molar-refractivity contribution in [3.05, 3.63) is 112 Å². The minimum atomic E-state index is -0.553. The Bertz CT molecular complexity index is 1420. The van der Waals surface area contributed by atoms with Gasteiger partial charge in [0.15, 0.2) is 0 Å². The van der Waals surface area contributed by atoms with Gasteiger partial charge in [-0.2, -0.15) is 10.4 Å². The Morgan fingerprint density at radius 3 is 2.26 bits per heavy atom. The number of nitriles is 1. The molecule has 190 valence electrons. The zero-order chi connectivity index (χ0) is 26.3. The van der Waals surface area contributed by atoms with Crippen molar-refractivity contribution >= 4 is 40.5 Å². The van der Waals surface area contributed by atoms with E-state index in [1.807, 2.05) is 102 Å². The van der Waals surface area contributed by atoms with Gasteiger partial charge in [-0.25, -0.2) is 5.43 Å². The molecule has 0 saturated carbocycles. The highest BCUT2D eigenvalue weighted by Gasteiger charge is 2.30. The number of anilines is 2. The number of ether oxygens (including phenoxy) is 1. The van der Waals surface area contributed by atoms with Gasteiger partial charge in [0.05, 0.1) is 24.6 Å². The lowest BCUT2D eigenvalue weighted by Gasteiger charge is -2.28. The predicted molar refractivity (Wildman–Crippen MR) is 153 cm³/mol. The van der Waals surface area contributed by atoms with E-state index in [0.717, 1.165) is 54.5 Å². The lowest BCUT2D eigenvalue weighted by Crippen LogP contribution is -2.36. The molecule has 0 radical (unpaired) electrons. The minimum absolute atomic E-state index is 0.000231. The van der Waals surface area contributed by atoms with E-state index in [9.17, 15) is 10.1 Å². The number of carbonyl (C=O) groups excluding carboxylic acids is 1. The molecule has 1 amide bonds. The maximum absolute atomic E-state index is 13.2. The molecule has 2 aliphatic heterocycles. The van der Waals surface area contributed by atoms with E-state index in [4.69, 9.17) is 4.74 Å². The molecule has 5 rings (SSSR count). The Balaban J connectivity index is 1.37. The van der Waals surface area contributed by atoms with Crippen molar-refractivity contribution in [2.24, 2.45) is 5.10 Å². The van der Waals surface area contributed by atoms with Crippen LogP contribution >= 0.6 is 11.8 Å². The number of nitrogens with zero attached hydrogens (tertiary/aromatic N) is 4. The largest absolute Gasteiger partial charge is 0.378 e. The van der Waals surface area contributed by atoms with E-state index in [2.05, 4.69) is 21.5 Å². The molecular formula is C30H27N5O2S. The number of hydrogen-bond donors (Lipinski definition) is 1. The minimum Gasteiger partial charge on any atom is -0.378 e. The fourth-order valence-corrected chi connectivity index (χ4v) is 5.35. The maximum Gasteiger partial charge on any atom is 0.284 e. The molecule has 1 N–H and O–H groups in total. The molecule has 8 heteroatoms. The van der Waals surface area contributed by atoms with Crippen LogP contribution in [0.5, 0.6) is 0 Å². The summed E-state index contributed by atoms with van der Waals surface area (Å²) in [6.45, 7) is 5.03. The number of morpholine rings is 1. The molecule has 0 unspecified atom stereocenters. The van der Waals surface area contributed by atoms with Crippen molar-refractivity contribution in [1.82, 2.24) is 5.43 Å². The van der Waals surface area contributed by atoms with Crippen molar-refractivity contribution in [3.8, 4) is 6.07 Å². The Labute approximate surface area is 226 Å². The number of hydrazone groups is 1. The lowest BCUT2D eigenvalue weighted by atomic mass is 10.1. The van der Waals surface area contributed by atoms with E-state index < -0.39 is 5.91 Å². The third kappa shape index (κ3) is 5.49. The number of amides is 1. The molecular weight excluding hydrogens is 494 g/mol. The first-order chi connectivity index (χ1) is 18.7. The summed E-state index contributed by atoms with van der Waals surface area (Å²) >= 11 is 1.35. The van der Waals surface area contributed by atoms with Gasteiger partial charge in [-0.05, 0) is 42.3 Å². The number of rotatable bonds is 6. The molecule has 3 aromatic rings. The third-order valence-electron chi connectivity index (χ3n) is 6.35. The van der Waals surface area contributed by atoms with E-state index in [1.54, 1.807) is 0 Å². The van der Waals surface area contributed by atoms with Crippen LogP contribution in [0.15, 0.2) is 106 Å². The van der Waals surface area contributed by atoms with E-state index >= 15 is 0 Å². The summed E-state index contributed by atoms with van der Waals surface area (Å²) in [5, 5.41) is 16.8. The van der Waals surface area contributed by atoms with E-state index in [1.165, 1.54) is 11.8 Å². The van der Waals surface area contributed by atoms with Crippen molar-refractivity contribution in [2.75, 3.05) is 36.1 Å². The average Bonchev–Trinajstić information content (AvgIpc) is 3.42. The molecule has 0 spiro atoms. The summed E-state index contributed by atoms with van der Waals surface area (Å²) in [5.41, 5.74) is 8.02. The SMILES string of the molecule is C/C(=N/NC(=O)/C(C#N)=C1/SC=C(c2ccccc2)N1c1ccccc1)c1ccc(N2CCOCC2)cc1. The normalized spacial score (nSPS) is 17.1. The number of benzene rings is 3. The molecule has 0 aliphatic carbocycles. The van der Waals surface area contributed by atoms with E-state index in [-0.39, 0.29) is 5.57 Å². The zero-order valence-electron chi connectivity index (χ0n) is 21.0. The van der Waals surface area contributed by atoms with Crippen LogP contribution in [-0.4, -0.2) is 37.9 Å². The van der Waals surface area contributed by atoms with Crippen molar-refractivity contribution in [1.29, 1.82) is 5.26 Å². The highest BCUT2D eigenvalue weighted by Crippen LogP contribution is 2.44. The molecule has 0 aromatic heterocycles. The second kappa shape index (κ2) is 11.8. The number of thioether (sulfide) groups is 1.